The van der Waals surface area contributed by atoms with Gasteiger partial charge in [0, 0.05) is 24.9 Å². The first-order valence-electron chi connectivity index (χ1n) is 7.55. The predicted octanol–water partition coefficient (Wildman–Crippen LogP) is 1.79. The molecule has 1 aromatic heterocycles. The Labute approximate surface area is 127 Å². The van der Waals surface area contributed by atoms with Crippen LogP contribution >= 0.6 is 0 Å². The van der Waals surface area contributed by atoms with Crippen LogP contribution in [-0.4, -0.2) is 53.7 Å². The Bertz CT molecular complexity index is 419. The molecule has 0 aliphatic rings. The number of aromatic nitrogens is 1. The number of nitrogens with one attached hydrogen (secondary N) is 1. The van der Waals surface area contributed by atoms with E-state index >= 15 is 0 Å². The van der Waals surface area contributed by atoms with Gasteiger partial charge in [0.25, 0.3) is 0 Å². The summed E-state index contributed by atoms with van der Waals surface area (Å²) in [5, 5.41) is 12.3. The minimum atomic E-state index is -0.790. The monoisotopic (exact) mass is 293 g/mol. The molecule has 0 saturated carbocycles. The fraction of sp³-hybridized carbons (Fsp3) is 0.625. The van der Waals surface area contributed by atoms with Crippen molar-refractivity contribution in [3.05, 3.63) is 30.1 Å². The number of pyridine rings is 1. The van der Waals surface area contributed by atoms with Gasteiger partial charge in [0.15, 0.2) is 0 Å². The van der Waals surface area contributed by atoms with E-state index in [1.807, 2.05) is 31.3 Å². The van der Waals surface area contributed by atoms with Crippen LogP contribution in [0.2, 0.25) is 0 Å². The lowest BCUT2D eigenvalue weighted by Crippen LogP contribution is -2.50. The maximum absolute atomic E-state index is 11.4. The van der Waals surface area contributed by atoms with Crippen LogP contribution in [0.1, 0.15) is 31.9 Å². The molecule has 1 unspecified atom stereocenters. The Morgan fingerprint density at radius 2 is 2.19 bits per heavy atom. The highest BCUT2D eigenvalue weighted by Crippen LogP contribution is 2.17. The zero-order valence-corrected chi connectivity index (χ0v) is 13.3. The van der Waals surface area contributed by atoms with Gasteiger partial charge in [0.1, 0.15) is 5.54 Å². The van der Waals surface area contributed by atoms with Crippen molar-refractivity contribution in [3.8, 4) is 0 Å². The summed E-state index contributed by atoms with van der Waals surface area (Å²) in [6, 6.07) is 5.94. The van der Waals surface area contributed by atoms with Crippen LogP contribution in [0.25, 0.3) is 0 Å². The second-order valence-corrected chi connectivity index (χ2v) is 5.47. The molecule has 2 N–H and O–H groups in total. The smallest absolute Gasteiger partial charge is 0.323 e. The van der Waals surface area contributed by atoms with Gasteiger partial charge >= 0.3 is 5.97 Å². The third kappa shape index (κ3) is 5.44. The molecular weight excluding hydrogens is 266 g/mol. The van der Waals surface area contributed by atoms with Gasteiger partial charge in [0.05, 0.1) is 0 Å². The van der Waals surface area contributed by atoms with E-state index in [0.717, 1.165) is 31.6 Å². The third-order valence-electron chi connectivity index (χ3n) is 4.11. The third-order valence-corrected chi connectivity index (χ3v) is 4.11. The number of likely N-dealkylation sites (N-methyl/N-ethyl adjacent to an activating group) is 2. The molecule has 0 aliphatic heterocycles. The number of carboxylic acids is 1. The molecule has 1 heterocycles. The summed E-state index contributed by atoms with van der Waals surface area (Å²) in [6.07, 6.45) is 4.82. The zero-order valence-electron chi connectivity index (χ0n) is 13.3. The topological polar surface area (TPSA) is 65.5 Å². The summed E-state index contributed by atoms with van der Waals surface area (Å²) in [5.41, 5.74) is 0.301. The van der Waals surface area contributed by atoms with Gasteiger partial charge in [-0.05, 0) is 52.0 Å². The summed E-state index contributed by atoms with van der Waals surface area (Å²) in [4.78, 5) is 17.9. The second kappa shape index (κ2) is 8.74. The Balaban J connectivity index is 2.32. The highest BCUT2D eigenvalue weighted by molar-refractivity contribution is 5.78. The van der Waals surface area contributed by atoms with Crippen molar-refractivity contribution in [2.45, 2.75) is 38.1 Å². The quantitative estimate of drug-likeness (QED) is 0.688. The number of aliphatic carboxylic acids is 1. The van der Waals surface area contributed by atoms with Crippen molar-refractivity contribution in [1.29, 1.82) is 0 Å². The van der Waals surface area contributed by atoms with E-state index in [1.165, 1.54) is 0 Å². The molecule has 5 heteroatoms. The maximum Gasteiger partial charge on any atom is 0.323 e. The summed E-state index contributed by atoms with van der Waals surface area (Å²) in [5.74, 6) is -0.761. The van der Waals surface area contributed by atoms with Crippen LogP contribution in [0.5, 0.6) is 0 Å². The number of rotatable bonds is 10. The Morgan fingerprint density at radius 3 is 2.71 bits per heavy atom. The van der Waals surface area contributed by atoms with Crippen LogP contribution < -0.4 is 5.32 Å². The highest BCUT2D eigenvalue weighted by atomic mass is 16.4. The molecule has 0 spiro atoms. The number of nitrogens with zero attached hydrogens (tertiary/aromatic N) is 2. The maximum atomic E-state index is 11.4. The molecule has 0 fully saturated rings. The van der Waals surface area contributed by atoms with E-state index in [-0.39, 0.29) is 0 Å². The fourth-order valence-corrected chi connectivity index (χ4v) is 2.46. The van der Waals surface area contributed by atoms with Crippen LogP contribution in [0.3, 0.4) is 0 Å². The first-order valence-corrected chi connectivity index (χ1v) is 7.55. The lowest BCUT2D eigenvalue weighted by molar-refractivity contribution is -0.145. The van der Waals surface area contributed by atoms with Crippen LogP contribution in [0, 0.1) is 0 Å². The summed E-state index contributed by atoms with van der Waals surface area (Å²) >= 11 is 0. The van der Waals surface area contributed by atoms with Gasteiger partial charge in [-0.15, -0.1) is 0 Å². The van der Waals surface area contributed by atoms with Crippen molar-refractivity contribution >= 4 is 5.97 Å². The molecule has 0 aliphatic carbocycles. The number of hydrogen-bond acceptors (Lipinski definition) is 4. The SMILES string of the molecule is CCC(CCCN(C)CCc1ccccn1)(NC)C(=O)O. The van der Waals surface area contributed by atoms with Gasteiger partial charge in [-0.3, -0.25) is 9.78 Å². The van der Waals surface area contributed by atoms with Crippen LogP contribution in [0.4, 0.5) is 0 Å². The predicted molar refractivity (Wildman–Crippen MR) is 84.4 cm³/mol. The van der Waals surface area contributed by atoms with E-state index in [2.05, 4.69) is 22.2 Å². The summed E-state index contributed by atoms with van der Waals surface area (Å²) in [7, 11) is 3.79. The van der Waals surface area contributed by atoms with E-state index in [1.54, 1.807) is 7.05 Å². The molecule has 1 aromatic rings. The molecule has 0 bridgehead atoms. The van der Waals surface area contributed by atoms with Crippen molar-refractivity contribution in [1.82, 2.24) is 15.2 Å². The first kappa shape index (κ1) is 17.6. The van der Waals surface area contributed by atoms with Crippen LogP contribution in [0.15, 0.2) is 24.4 Å². The first-order chi connectivity index (χ1) is 10.0. The van der Waals surface area contributed by atoms with E-state index in [0.29, 0.717) is 12.8 Å². The van der Waals surface area contributed by atoms with Gasteiger partial charge in [-0.25, -0.2) is 0 Å². The van der Waals surface area contributed by atoms with Crippen LogP contribution in [-0.2, 0) is 11.2 Å². The molecule has 0 radical (unpaired) electrons. The minimum Gasteiger partial charge on any atom is -0.480 e. The Hall–Kier alpha value is -1.46. The van der Waals surface area contributed by atoms with E-state index in [9.17, 15) is 9.90 Å². The summed E-state index contributed by atoms with van der Waals surface area (Å²) in [6.45, 7) is 3.74. The van der Waals surface area contributed by atoms with Gasteiger partial charge in [-0.2, -0.15) is 0 Å². The average Bonchev–Trinajstić information content (AvgIpc) is 2.50. The van der Waals surface area contributed by atoms with Gasteiger partial charge in [0.2, 0.25) is 0 Å². The van der Waals surface area contributed by atoms with Gasteiger partial charge < -0.3 is 15.3 Å². The zero-order chi connectivity index (χ0) is 15.7. The van der Waals surface area contributed by atoms with E-state index < -0.39 is 11.5 Å². The Kier molecular flexibility index (Phi) is 7.32. The molecule has 0 aromatic carbocycles. The number of carboxylic acid groups (broad SMARTS) is 1. The Morgan fingerprint density at radius 1 is 1.43 bits per heavy atom. The molecule has 0 amide bonds. The standard InChI is InChI=1S/C16H27N3O2/c1-4-16(17-2,15(20)21)10-7-12-19(3)13-9-14-8-5-6-11-18-14/h5-6,8,11,17H,4,7,9-10,12-13H2,1-3H3,(H,20,21). The average molecular weight is 293 g/mol. The van der Waals surface area contributed by atoms with Gasteiger partial charge in [-0.1, -0.05) is 13.0 Å². The number of carbonyl (C=O) groups is 1. The molecule has 1 atom stereocenters. The molecular formula is C16H27N3O2. The second-order valence-electron chi connectivity index (χ2n) is 5.47. The van der Waals surface area contributed by atoms with E-state index in [4.69, 9.17) is 0 Å². The largest absolute Gasteiger partial charge is 0.480 e. The normalized spacial score (nSPS) is 14.1. The lowest BCUT2D eigenvalue weighted by atomic mass is 9.90. The lowest BCUT2D eigenvalue weighted by Gasteiger charge is -2.28. The molecule has 5 nitrogen and oxygen atoms in total. The fourth-order valence-electron chi connectivity index (χ4n) is 2.46. The van der Waals surface area contributed by atoms with Crippen molar-refractivity contribution < 1.29 is 9.90 Å². The van der Waals surface area contributed by atoms with Crippen molar-refractivity contribution in [2.75, 3.05) is 27.2 Å². The molecule has 118 valence electrons. The number of hydrogen-bond donors (Lipinski definition) is 2. The van der Waals surface area contributed by atoms with Crippen molar-refractivity contribution in [3.63, 3.8) is 0 Å². The molecule has 1 rings (SSSR count). The highest BCUT2D eigenvalue weighted by Gasteiger charge is 2.34. The van der Waals surface area contributed by atoms with Crippen molar-refractivity contribution in [2.24, 2.45) is 0 Å². The molecule has 0 saturated heterocycles. The molecule has 21 heavy (non-hydrogen) atoms. The minimum absolute atomic E-state index is 0.594. The summed E-state index contributed by atoms with van der Waals surface area (Å²) < 4.78 is 0.